The van der Waals surface area contributed by atoms with Gasteiger partial charge in [-0.25, -0.2) is 8.42 Å². The van der Waals surface area contributed by atoms with Crippen molar-refractivity contribution in [2.45, 2.75) is 31.0 Å². The quantitative estimate of drug-likeness (QED) is 0.738. The highest BCUT2D eigenvalue weighted by Crippen LogP contribution is 2.23. The maximum absolute atomic E-state index is 13.1. The Hall–Kier alpha value is -2.00. The monoisotopic (exact) mass is 431 g/mol. The summed E-state index contributed by atoms with van der Waals surface area (Å²) in [4.78, 5) is 16.9. The zero-order chi connectivity index (χ0) is 21.3. The number of benzene rings is 2. The van der Waals surface area contributed by atoms with Crippen molar-refractivity contribution in [1.29, 1.82) is 0 Å². The van der Waals surface area contributed by atoms with Crippen LogP contribution in [0.1, 0.15) is 13.8 Å². The van der Waals surface area contributed by atoms with Crippen molar-refractivity contribution in [3.05, 3.63) is 42.5 Å². The second-order valence-corrected chi connectivity index (χ2v) is 10.2. The third-order valence-electron chi connectivity index (χ3n) is 5.80. The molecule has 8 heteroatoms. The lowest BCUT2D eigenvalue weighted by Crippen LogP contribution is -2.54. The molecule has 2 unspecified atom stereocenters. The van der Waals surface area contributed by atoms with E-state index in [0.717, 1.165) is 23.9 Å². The van der Waals surface area contributed by atoms with Gasteiger partial charge >= 0.3 is 0 Å². The van der Waals surface area contributed by atoms with Gasteiger partial charge in [-0.15, -0.1) is 0 Å². The molecule has 0 aliphatic carbocycles. The van der Waals surface area contributed by atoms with Crippen LogP contribution in [0.3, 0.4) is 0 Å². The maximum atomic E-state index is 13.1. The van der Waals surface area contributed by atoms with Crippen molar-refractivity contribution < 1.29 is 17.9 Å². The van der Waals surface area contributed by atoms with E-state index in [4.69, 9.17) is 4.74 Å². The molecular weight excluding hydrogens is 402 g/mol. The van der Waals surface area contributed by atoms with Gasteiger partial charge in [0.05, 0.1) is 23.6 Å². The molecular formula is C22H29N3O4S. The van der Waals surface area contributed by atoms with E-state index in [1.54, 1.807) is 17.0 Å². The average Bonchev–Trinajstić information content (AvgIpc) is 2.72. The molecule has 2 saturated heterocycles. The van der Waals surface area contributed by atoms with Crippen LogP contribution in [0.25, 0.3) is 10.8 Å². The summed E-state index contributed by atoms with van der Waals surface area (Å²) in [5, 5.41) is 1.92. The standard InChI is InChI=1S/C22H29N3O4S/c1-17-14-23(15-18(2)29-17)16-22(26)24-9-11-25(12-10-24)30(27,28)21-8-7-19-5-3-4-6-20(19)13-21/h3-8,13,17-18H,9-12,14-16H2,1-2H3. The van der Waals surface area contributed by atoms with E-state index >= 15 is 0 Å². The Morgan fingerprint density at radius 1 is 0.967 bits per heavy atom. The number of amides is 1. The molecule has 2 aliphatic rings. The molecule has 2 fully saturated rings. The van der Waals surface area contributed by atoms with Crippen molar-refractivity contribution in [3.8, 4) is 0 Å². The summed E-state index contributed by atoms with van der Waals surface area (Å²) in [7, 11) is -3.58. The molecule has 2 aliphatic heterocycles. The predicted molar refractivity (Wildman–Crippen MR) is 116 cm³/mol. The van der Waals surface area contributed by atoms with E-state index in [1.807, 2.05) is 44.2 Å². The highest BCUT2D eigenvalue weighted by Gasteiger charge is 2.31. The Kier molecular flexibility index (Phi) is 6.11. The first-order valence-electron chi connectivity index (χ1n) is 10.5. The molecule has 0 bridgehead atoms. The molecule has 2 aromatic rings. The van der Waals surface area contributed by atoms with Crippen molar-refractivity contribution in [2.75, 3.05) is 45.8 Å². The maximum Gasteiger partial charge on any atom is 0.243 e. The number of morpholine rings is 1. The van der Waals surface area contributed by atoms with Crippen molar-refractivity contribution >= 4 is 26.7 Å². The normalized spacial score (nSPS) is 24.3. The van der Waals surface area contributed by atoms with Crippen LogP contribution in [0.4, 0.5) is 0 Å². The topological polar surface area (TPSA) is 70.2 Å². The Bertz CT molecular complexity index is 1010. The number of piperazine rings is 1. The lowest BCUT2D eigenvalue weighted by atomic mass is 10.1. The van der Waals surface area contributed by atoms with Gasteiger partial charge in [-0.3, -0.25) is 9.69 Å². The fourth-order valence-corrected chi connectivity index (χ4v) is 5.82. The Morgan fingerprint density at radius 3 is 2.27 bits per heavy atom. The molecule has 0 aromatic heterocycles. The van der Waals surface area contributed by atoms with Gasteiger partial charge in [0.2, 0.25) is 15.9 Å². The van der Waals surface area contributed by atoms with Crippen LogP contribution in [0.2, 0.25) is 0 Å². The molecule has 30 heavy (non-hydrogen) atoms. The summed E-state index contributed by atoms with van der Waals surface area (Å²) in [5.41, 5.74) is 0. The van der Waals surface area contributed by atoms with E-state index in [0.29, 0.717) is 37.6 Å². The fraction of sp³-hybridized carbons (Fsp3) is 0.500. The lowest BCUT2D eigenvalue weighted by Gasteiger charge is -2.38. The highest BCUT2D eigenvalue weighted by molar-refractivity contribution is 7.89. The molecule has 4 rings (SSSR count). The van der Waals surface area contributed by atoms with Crippen molar-refractivity contribution in [2.24, 2.45) is 0 Å². The Morgan fingerprint density at radius 2 is 1.60 bits per heavy atom. The van der Waals surface area contributed by atoms with Crippen molar-refractivity contribution in [3.63, 3.8) is 0 Å². The minimum absolute atomic E-state index is 0.0547. The molecule has 0 saturated carbocycles. The van der Waals surface area contributed by atoms with Crippen LogP contribution < -0.4 is 0 Å². The number of ether oxygens (including phenoxy) is 1. The highest BCUT2D eigenvalue weighted by atomic mass is 32.2. The van der Waals surface area contributed by atoms with Crippen LogP contribution in [0, 0.1) is 0 Å². The van der Waals surface area contributed by atoms with E-state index in [1.165, 1.54) is 4.31 Å². The number of rotatable bonds is 4. The molecule has 2 atom stereocenters. The lowest BCUT2D eigenvalue weighted by molar-refractivity contribution is -0.137. The summed E-state index contributed by atoms with van der Waals surface area (Å²) in [5.74, 6) is 0.0547. The van der Waals surface area contributed by atoms with Crippen LogP contribution in [0.15, 0.2) is 47.4 Å². The third-order valence-corrected chi connectivity index (χ3v) is 7.70. The van der Waals surface area contributed by atoms with Crippen LogP contribution in [-0.2, 0) is 19.6 Å². The van der Waals surface area contributed by atoms with Gasteiger partial charge in [-0.2, -0.15) is 4.31 Å². The molecule has 2 aromatic carbocycles. The minimum atomic E-state index is -3.58. The molecule has 0 spiro atoms. The SMILES string of the molecule is CC1CN(CC(=O)N2CCN(S(=O)(=O)c3ccc4ccccc4c3)CC2)CC(C)O1. The summed E-state index contributed by atoms with van der Waals surface area (Å²) < 4.78 is 33.4. The minimum Gasteiger partial charge on any atom is -0.373 e. The first-order valence-corrected chi connectivity index (χ1v) is 11.9. The second-order valence-electron chi connectivity index (χ2n) is 8.25. The van der Waals surface area contributed by atoms with E-state index in [-0.39, 0.29) is 18.1 Å². The van der Waals surface area contributed by atoms with E-state index < -0.39 is 10.0 Å². The zero-order valence-electron chi connectivity index (χ0n) is 17.5. The van der Waals surface area contributed by atoms with Crippen LogP contribution in [0.5, 0.6) is 0 Å². The summed E-state index contributed by atoms with van der Waals surface area (Å²) in [6.07, 6.45) is 0.232. The smallest absolute Gasteiger partial charge is 0.243 e. The number of carbonyl (C=O) groups is 1. The summed E-state index contributed by atoms with van der Waals surface area (Å²) in [6.45, 7) is 7.34. The number of carbonyl (C=O) groups excluding carboxylic acids is 1. The number of nitrogens with zero attached hydrogens (tertiary/aromatic N) is 3. The van der Waals surface area contributed by atoms with Gasteiger partial charge in [-0.1, -0.05) is 30.3 Å². The van der Waals surface area contributed by atoms with Gasteiger partial charge in [0, 0.05) is 39.3 Å². The van der Waals surface area contributed by atoms with E-state index in [2.05, 4.69) is 4.90 Å². The molecule has 1 amide bonds. The second kappa shape index (κ2) is 8.63. The molecule has 162 valence electrons. The number of fused-ring (bicyclic) bond motifs is 1. The van der Waals surface area contributed by atoms with Gasteiger partial charge in [-0.05, 0) is 36.8 Å². The summed E-state index contributed by atoms with van der Waals surface area (Å²) in [6, 6.07) is 12.9. The largest absolute Gasteiger partial charge is 0.373 e. The van der Waals surface area contributed by atoms with Gasteiger partial charge in [0.15, 0.2) is 0 Å². The molecule has 7 nitrogen and oxygen atoms in total. The average molecular weight is 432 g/mol. The number of hydrogen-bond donors (Lipinski definition) is 0. The number of sulfonamides is 1. The van der Waals surface area contributed by atoms with Crippen LogP contribution in [-0.4, -0.2) is 86.5 Å². The zero-order valence-corrected chi connectivity index (χ0v) is 18.3. The first-order chi connectivity index (χ1) is 14.3. The van der Waals surface area contributed by atoms with Gasteiger partial charge in [0.25, 0.3) is 0 Å². The number of hydrogen-bond acceptors (Lipinski definition) is 5. The summed E-state index contributed by atoms with van der Waals surface area (Å²) >= 11 is 0. The molecule has 0 N–H and O–H groups in total. The first kappa shape index (κ1) is 21.2. The molecule has 0 radical (unpaired) electrons. The van der Waals surface area contributed by atoms with Crippen LogP contribution >= 0.6 is 0 Å². The fourth-order valence-electron chi connectivity index (χ4n) is 4.36. The predicted octanol–water partition coefficient (Wildman–Crippen LogP) is 1.78. The van der Waals surface area contributed by atoms with Gasteiger partial charge in [0.1, 0.15) is 0 Å². The van der Waals surface area contributed by atoms with Crippen molar-refractivity contribution in [1.82, 2.24) is 14.1 Å². The molecule has 2 heterocycles. The Balaban J connectivity index is 1.37. The Labute approximate surface area is 178 Å². The van der Waals surface area contributed by atoms with Gasteiger partial charge < -0.3 is 9.64 Å². The van der Waals surface area contributed by atoms with E-state index in [9.17, 15) is 13.2 Å². The third kappa shape index (κ3) is 4.51.